The largest absolute Gasteiger partial charge is 0.508 e. The molecule has 126 valence electrons. The highest BCUT2D eigenvalue weighted by Gasteiger charge is 2.24. The number of aliphatic carboxylic acids is 1. The highest BCUT2D eigenvalue weighted by atomic mass is 16.4. The molecule has 2 rings (SSSR count). The van der Waals surface area contributed by atoms with Gasteiger partial charge in [0.15, 0.2) is 0 Å². The van der Waals surface area contributed by atoms with Gasteiger partial charge < -0.3 is 20.6 Å². The van der Waals surface area contributed by atoms with Gasteiger partial charge in [0.25, 0.3) is 0 Å². The molecule has 0 radical (unpaired) electrons. The van der Waals surface area contributed by atoms with Crippen molar-refractivity contribution in [2.24, 2.45) is 0 Å². The maximum Gasteiger partial charge on any atom is 0.326 e. The number of aliphatic hydroxyl groups is 1. The highest BCUT2D eigenvalue weighted by Crippen LogP contribution is 2.12. The Kier molecular flexibility index (Phi) is 5.92. The first kappa shape index (κ1) is 17.5. The number of carbonyl (C=O) groups is 2. The van der Waals surface area contributed by atoms with E-state index < -0.39 is 24.0 Å². The topological polar surface area (TPSA) is 107 Å². The van der Waals surface area contributed by atoms with E-state index in [-0.39, 0.29) is 18.6 Å². The molecule has 0 heterocycles. The van der Waals surface area contributed by atoms with Crippen LogP contribution >= 0.6 is 0 Å². The fraction of sp³-hybridized carbons (Fsp3) is 0.222. The molecule has 0 aliphatic heterocycles. The van der Waals surface area contributed by atoms with Gasteiger partial charge in [0, 0.05) is 12.8 Å². The second-order valence-corrected chi connectivity index (χ2v) is 5.48. The van der Waals surface area contributed by atoms with Gasteiger partial charge >= 0.3 is 5.97 Å². The minimum Gasteiger partial charge on any atom is -0.508 e. The monoisotopic (exact) mass is 329 g/mol. The molecule has 6 heteroatoms. The average molecular weight is 329 g/mol. The van der Waals surface area contributed by atoms with Crippen LogP contribution in [0.2, 0.25) is 0 Å². The van der Waals surface area contributed by atoms with E-state index in [1.165, 1.54) is 12.1 Å². The lowest BCUT2D eigenvalue weighted by atomic mass is 10.0. The minimum absolute atomic E-state index is 0.0550. The number of rotatable bonds is 7. The maximum absolute atomic E-state index is 12.0. The third-order valence-electron chi connectivity index (χ3n) is 3.57. The van der Waals surface area contributed by atoms with E-state index in [4.69, 9.17) is 0 Å². The summed E-state index contributed by atoms with van der Waals surface area (Å²) in [4.78, 5) is 23.4. The number of aliphatic hydroxyl groups excluding tert-OH is 1. The predicted octanol–water partition coefficient (Wildman–Crippen LogP) is 1.11. The van der Waals surface area contributed by atoms with Crippen LogP contribution < -0.4 is 5.32 Å². The lowest BCUT2D eigenvalue weighted by Gasteiger charge is -2.17. The molecule has 4 N–H and O–H groups in total. The number of phenolic OH excluding ortho intramolecular Hbond substituents is 1. The Morgan fingerprint density at radius 3 is 2.08 bits per heavy atom. The van der Waals surface area contributed by atoms with Crippen molar-refractivity contribution in [3.05, 3.63) is 65.7 Å². The number of benzene rings is 2. The van der Waals surface area contributed by atoms with Crippen LogP contribution in [0.25, 0.3) is 0 Å². The summed E-state index contributed by atoms with van der Waals surface area (Å²) in [5, 5.41) is 30.8. The van der Waals surface area contributed by atoms with Crippen LogP contribution in [0.15, 0.2) is 54.6 Å². The maximum atomic E-state index is 12.0. The molecule has 1 amide bonds. The number of aromatic hydroxyl groups is 1. The summed E-state index contributed by atoms with van der Waals surface area (Å²) in [7, 11) is 0. The summed E-state index contributed by atoms with van der Waals surface area (Å²) in [6, 6.07) is 13.9. The molecule has 0 saturated carbocycles. The van der Waals surface area contributed by atoms with Crippen LogP contribution in [0.4, 0.5) is 0 Å². The Labute approximate surface area is 139 Å². The van der Waals surface area contributed by atoms with Gasteiger partial charge in [-0.3, -0.25) is 4.79 Å². The van der Waals surface area contributed by atoms with E-state index in [0.29, 0.717) is 5.56 Å². The summed E-state index contributed by atoms with van der Waals surface area (Å²) in [6.07, 6.45) is -1.16. The van der Waals surface area contributed by atoms with Gasteiger partial charge in [0.05, 0.1) is 0 Å². The third-order valence-corrected chi connectivity index (χ3v) is 3.57. The van der Waals surface area contributed by atoms with Crippen molar-refractivity contribution in [2.75, 3.05) is 0 Å². The van der Waals surface area contributed by atoms with Crippen molar-refractivity contribution >= 4 is 11.9 Å². The van der Waals surface area contributed by atoms with Crippen LogP contribution in [0.5, 0.6) is 5.75 Å². The molecule has 0 aromatic heterocycles. The van der Waals surface area contributed by atoms with Crippen LogP contribution in [0.1, 0.15) is 11.1 Å². The second-order valence-electron chi connectivity index (χ2n) is 5.48. The number of phenols is 1. The van der Waals surface area contributed by atoms with Gasteiger partial charge in [-0.05, 0) is 23.3 Å². The number of carboxylic acids is 1. The van der Waals surface area contributed by atoms with E-state index >= 15 is 0 Å². The van der Waals surface area contributed by atoms with Crippen LogP contribution in [-0.2, 0) is 22.4 Å². The van der Waals surface area contributed by atoms with Gasteiger partial charge in [-0.15, -0.1) is 0 Å². The minimum atomic E-state index is -1.32. The van der Waals surface area contributed by atoms with Gasteiger partial charge in [0.1, 0.15) is 17.9 Å². The zero-order valence-corrected chi connectivity index (χ0v) is 12.9. The van der Waals surface area contributed by atoms with Crippen LogP contribution in [0.3, 0.4) is 0 Å². The van der Waals surface area contributed by atoms with Gasteiger partial charge in [-0.1, -0.05) is 42.5 Å². The third kappa shape index (κ3) is 5.10. The Bertz CT molecular complexity index is 684. The Morgan fingerprint density at radius 2 is 1.50 bits per heavy atom. The first-order valence-corrected chi connectivity index (χ1v) is 7.49. The summed E-state index contributed by atoms with van der Waals surface area (Å²) in [5.41, 5.74) is 1.43. The normalized spacial score (nSPS) is 13.0. The van der Waals surface area contributed by atoms with Gasteiger partial charge in [-0.25, -0.2) is 4.79 Å². The molecule has 0 spiro atoms. The van der Waals surface area contributed by atoms with E-state index in [1.807, 2.05) is 6.07 Å². The lowest BCUT2D eigenvalue weighted by Crippen LogP contribution is -2.47. The van der Waals surface area contributed by atoms with Crippen molar-refractivity contribution in [1.82, 2.24) is 5.32 Å². The Hall–Kier alpha value is -2.86. The smallest absolute Gasteiger partial charge is 0.326 e. The first-order valence-electron chi connectivity index (χ1n) is 7.49. The van der Waals surface area contributed by atoms with Crippen LogP contribution in [0, 0.1) is 0 Å². The molecular formula is C18H19NO5. The molecule has 0 aliphatic rings. The molecule has 0 fully saturated rings. The second kappa shape index (κ2) is 8.12. The first-order chi connectivity index (χ1) is 11.5. The van der Waals surface area contributed by atoms with E-state index in [0.717, 1.165) is 5.56 Å². The van der Waals surface area contributed by atoms with Gasteiger partial charge in [0.2, 0.25) is 5.91 Å². The summed E-state index contributed by atoms with van der Waals surface area (Å²) < 4.78 is 0. The molecule has 2 aromatic carbocycles. The lowest BCUT2D eigenvalue weighted by molar-refractivity contribution is -0.143. The van der Waals surface area contributed by atoms with Crippen molar-refractivity contribution in [3.63, 3.8) is 0 Å². The predicted molar refractivity (Wildman–Crippen MR) is 87.5 cm³/mol. The van der Waals surface area contributed by atoms with E-state index in [1.54, 1.807) is 36.4 Å². The number of carboxylic acid groups (broad SMARTS) is 1. The molecular weight excluding hydrogens is 310 g/mol. The van der Waals surface area contributed by atoms with Crippen molar-refractivity contribution in [2.45, 2.75) is 25.0 Å². The molecule has 0 bridgehead atoms. The fourth-order valence-electron chi connectivity index (χ4n) is 2.27. The quantitative estimate of drug-likeness (QED) is 0.609. The summed E-state index contributed by atoms with van der Waals surface area (Å²) in [5.74, 6) is -1.85. The molecule has 6 nitrogen and oxygen atoms in total. The number of nitrogens with one attached hydrogen (secondary N) is 1. The molecule has 24 heavy (non-hydrogen) atoms. The number of hydrogen-bond acceptors (Lipinski definition) is 4. The number of hydrogen-bond donors (Lipinski definition) is 4. The van der Waals surface area contributed by atoms with Crippen molar-refractivity contribution in [1.29, 1.82) is 0 Å². The average Bonchev–Trinajstić information content (AvgIpc) is 2.56. The molecule has 2 unspecified atom stereocenters. The summed E-state index contributed by atoms with van der Waals surface area (Å²) >= 11 is 0. The van der Waals surface area contributed by atoms with Crippen LogP contribution in [-0.4, -0.2) is 39.3 Å². The van der Waals surface area contributed by atoms with Crippen molar-refractivity contribution in [3.8, 4) is 5.75 Å². The zero-order chi connectivity index (χ0) is 17.5. The SMILES string of the molecule is O=C(NC(Cc1ccc(O)cc1)C(=O)O)C(O)Cc1ccccc1. The molecule has 0 aliphatic carbocycles. The Balaban J connectivity index is 1.97. The van der Waals surface area contributed by atoms with E-state index in [2.05, 4.69) is 5.32 Å². The molecule has 2 aromatic rings. The molecule has 2 atom stereocenters. The summed E-state index contributed by atoms with van der Waals surface area (Å²) in [6.45, 7) is 0. The molecule has 0 saturated heterocycles. The number of carbonyl (C=O) groups excluding carboxylic acids is 1. The van der Waals surface area contributed by atoms with E-state index in [9.17, 15) is 24.9 Å². The number of amides is 1. The van der Waals surface area contributed by atoms with Crippen molar-refractivity contribution < 1.29 is 24.9 Å². The standard InChI is InChI=1S/C18H19NO5/c20-14-8-6-13(7-9-14)10-15(18(23)24)19-17(22)16(21)11-12-4-2-1-3-5-12/h1-9,15-16,20-21H,10-11H2,(H,19,22)(H,23,24). The zero-order valence-electron chi connectivity index (χ0n) is 12.9. The highest BCUT2D eigenvalue weighted by molar-refractivity contribution is 5.86. The Morgan fingerprint density at radius 1 is 0.917 bits per heavy atom. The fourth-order valence-corrected chi connectivity index (χ4v) is 2.27. The van der Waals surface area contributed by atoms with Gasteiger partial charge in [-0.2, -0.15) is 0 Å².